The first-order valence-corrected chi connectivity index (χ1v) is 13.1. The third-order valence-corrected chi connectivity index (χ3v) is 7.10. The molecular formula is C20H38O11P2. The molecule has 2 unspecified atom stereocenters. The molecule has 0 aliphatic heterocycles. The van der Waals surface area contributed by atoms with Crippen LogP contribution in [0.5, 0.6) is 0 Å². The fourth-order valence-electron chi connectivity index (χ4n) is 3.88. The highest BCUT2D eigenvalue weighted by Gasteiger charge is 2.62. The first kappa shape index (κ1) is 32.3. The minimum absolute atomic E-state index is 0.538. The van der Waals surface area contributed by atoms with Gasteiger partial charge in [0.15, 0.2) is 0 Å². The van der Waals surface area contributed by atoms with E-state index in [1.54, 1.807) is 12.1 Å². The Morgan fingerprint density at radius 2 is 1.21 bits per heavy atom. The molecule has 11 nitrogen and oxygen atoms in total. The van der Waals surface area contributed by atoms with Crippen molar-refractivity contribution in [1.29, 1.82) is 0 Å². The average molecular weight is 516 g/mol. The Morgan fingerprint density at radius 1 is 0.848 bits per heavy atom. The number of aryl methyl sites for hydroxylation is 1. The van der Waals surface area contributed by atoms with Gasteiger partial charge in [-0.25, -0.2) is 9.13 Å². The van der Waals surface area contributed by atoms with Gasteiger partial charge in [0.1, 0.15) is 5.60 Å². The standard InChI is InChI=1S/C20H34O4.H4O7P2/c1-14-8-10-15(11-9-14)20(24,18(5,6)7)19(12-21,13-22)16(23)17(2,3)4;1-8(2,3)7-9(4,5)6/h8-11,16,21-24H,12-13H2,1-7H3;(H2,1,2,3)(H2,4,5,6). The molecule has 0 bridgehead atoms. The maximum atomic E-state index is 11.9. The zero-order chi connectivity index (χ0) is 26.7. The van der Waals surface area contributed by atoms with Crippen molar-refractivity contribution in [3.05, 3.63) is 35.4 Å². The summed E-state index contributed by atoms with van der Waals surface area (Å²) < 4.78 is 22.2. The lowest BCUT2D eigenvalue weighted by Crippen LogP contribution is -2.65. The second-order valence-electron chi connectivity index (χ2n) is 10.1. The highest BCUT2D eigenvalue weighted by molar-refractivity contribution is 7.60. The molecule has 1 aromatic carbocycles. The van der Waals surface area contributed by atoms with Gasteiger partial charge in [0.25, 0.3) is 0 Å². The van der Waals surface area contributed by atoms with Crippen molar-refractivity contribution in [3.8, 4) is 0 Å². The van der Waals surface area contributed by atoms with Gasteiger partial charge in [-0.2, -0.15) is 4.31 Å². The van der Waals surface area contributed by atoms with Gasteiger partial charge >= 0.3 is 15.6 Å². The van der Waals surface area contributed by atoms with E-state index in [9.17, 15) is 29.6 Å². The van der Waals surface area contributed by atoms with Gasteiger partial charge in [-0.05, 0) is 23.3 Å². The van der Waals surface area contributed by atoms with Gasteiger partial charge in [0.05, 0.1) is 24.7 Å². The van der Waals surface area contributed by atoms with Crippen molar-refractivity contribution in [2.24, 2.45) is 16.2 Å². The lowest BCUT2D eigenvalue weighted by Gasteiger charge is -2.57. The van der Waals surface area contributed by atoms with E-state index in [1.807, 2.05) is 60.6 Å². The lowest BCUT2D eigenvalue weighted by atomic mass is 9.53. The van der Waals surface area contributed by atoms with E-state index in [0.29, 0.717) is 5.56 Å². The summed E-state index contributed by atoms with van der Waals surface area (Å²) in [6.45, 7) is 11.9. The van der Waals surface area contributed by atoms with E-state index in [0.717, 1.165) is 5.56 Å². The van der Waals surface area contributed by atoms with E-state index in [1.165, 1.54) is 0 Å². The maximum absolute atomic E-state index is 11.9. The quantitative estimate of drug-likeness (QED) is 0.245. The van der Waals surface area contributed by atoms with Crippen LogP contribution in [0, 0.1) is 23.2 Å². The van der Waals surface area contributed by atoms with Crippen LogP contribution in [0.2, 0.25) is 0 Å². The van der Waals surface area contributed by atoms with Crippen molar-refractivity contribution in [1.82, 2.24) is 0 Å². The Bertz CT molecular complexity index is 822. The molecular weight excluding hydrogens is 478 g/mol. The molecule has 0 saturated heterocycles. The monoisotopic (exact) mass is 516 g/mol. The van der Waals surface area contributed by atoms with Crippen LogP contribution >= 0.6 is 15.6 Å². The van der Waals surface area contributed by atoms with Gasteiger partial charge in [-0.15, -0.1) is 0 Å². The lowest BCUT2D eigenvalue weighted by molar-refractivity contribution is -0.251. The third-order valence-electron chi connectivity index (χ3n) is 5.40. The van der Waals surface area contributed by atoms with Crippen LogP contribution in [0.4, 0.5) is 0 Å². The molecule has 33 heavy (non-hydrogen) atoms. The molecule has 0 radical (unpaired) electrons. The Labute approximate surface area is 194 Å². The van der Waals surface area contributed by atoms with Crippen molar-refractivity contribution in [2.75, 3.05) is 13.2 Å². The van der Waals surface area contributed by atoms with Crippen LogP contribution in [-0.4, -0.2) is 59.3 Å². The van der Waals surface area contributed by atoms with Crippen molar-refractivity contribution in [2.45, 2.75) is 60.2 Å². The summed E-state index contributed by atoms with van der Waals surface area (Å²) in [6.07, 6.45) is -1.12. The van der Waals surface area contributed by atoms with Crippen molar-refractivity contribution in [3.63, 3.8) is 0 Å². The summed E-state index contributed by atoms with van der Waals surface area (Å²) in [5, 5.41) is 43.4. The van der Waals surface area contributed by atoms with Gasteiger partial charge in [0, 0.05) is 0 Å². The zero-order valence-electron chi connectivity index (χ0n) is 20.0. The fourth-order valence-corrected chi connectivity index (χ4v) is 4.99. The molecule has 0 amide bonds. The van der Waals surface area contributed by atoms with Gasteiger partial charge in [0.2, 0.25) is 0 Å². The van der Waals surface area contributed by atoms with Crippen molar-refractivity contribution >= 4 is 15.6 Å². The van der Waals surface area contributed by atoms with E-state index >= 15 is 0 Å². The van der Waals surface area contributed by atoms with Gasteiger partial charge < -0.3 is 40.0 Å². The Kier molecular flexibility index (Phi) is 10.7. The van der Waals surface area contributed by atoms with E-state index in [2.05, 4.69) is 4.31 Å². The molecule has 1 aromatic rings. The van der Waals surface area contributed by atoms with Crippen molar-refractivity contribution < 1.29 is 53.4 Å². The topological polar surface area (TPSA) is 205 Å². The third kappa shape index (κ3) is 8.19. The van der Waals surface area contributed by atoms with Crippen LogP contribution in [0.15, 0.2) is 24.3 Å². The summed E-state index contributed by atoms with van der Waals surface area (Å²) in [4.78, 5) is 31.0. The molecule has 1 rings (SSSR count). The van der Waals surface area contributed by atoms with E-state index in [4.69, 9.17) is 19.6 Å². The first-order valence-electron chi connectivity index (χ1n) is 10.0. The Morgan fingerprint density at radius 3 is 1.42 bits per heavy atom. The molecule has 0 aromatic heterocycles. The molecule has 0 saturated carbocycles. The molecule has 0 aliphatic carbocycles. The smallest absolute Gasteiger partial charge is 0.395 e. The number of phosphoric acid groups is 2. The largest absolute Gasteiger partial charge is 0.478 e. The molecule has 194 valence electrons. The summed E-state index contributed by atoms with van der Waals surface area (Å²) >= 11 is 0. The minimum Gasteiger partial charge on any atom is -0.395 e. The fraction of sp³-hybridized carbons (Fsp3) is 0.700. The number of aliphatic hydroxyl groups is 4. The molecule has 13 heteroatoms. The average Bonchev–Trinajstić information content (AvgIpc) is 2.59. The van der Waals surface area contributed by atoms with E-state index in [-0.39, 0.29) is 0 Å². The summed E-state index contributed by atoms with van der Waals surface area (Å²) in [6, 6.07) is 7.37. The number of benzene rings is 1. The van der Waals surface area contributed by atoms with Gasteiger partial charge in [-0.3, -0.25) is 0 Å². The highest BCUT2D eigenvalue weighted by Crippen LogP contribution is 2.56. The maximum Gasteiger partial charge on any atom is 0.478 e. The van der Waals surface area contributed by atoms with Crippen LogP contribution < -0.4 is 0 Å². The molecule has 0 aliphatic rings. The van der Waals surface area contributed by atoms with Crippen LogP contribution in [0.1, 0.15) is 52.7 Å². The number of rotatable bonds is 7. The first-order chi connectivity index (χ1) is 14.5. The SMILES string of the molecule is Cc1ccc(C(O)(C(C)(C)C)C(CO)(CO)C(O)C(C)(C)C)cc1.O=P(O)(O)OP(=O)(O)O. The number of aliphatic hydroxyl groups excluding tert-OH is 3. The second kappa shape index (κ2) is 10.9. The Balaban J connectivity index is 0.000000960. The highest BCUT2D eigenvalue weighted by atomic mass is 31.3. The normalized spacial score (nSPS) is 16.5. The summed E-state index contributed by atoms with van der Waals surface area (Å²) in [5.74, 6) is 0. The number of hydrogen-bond donors (Lipinski definition) is 8. The molecule has 2 atom stereocenters. The predicted molar refractivity (Wildman–Crippen MR) is 122 cm³/mol. The Hall–Kier alpha value is -0.680. The molecule has 0 heterocycles. The van der Waals surface area contributed by atoms with E-state index < -0.39 is 56.8 Å². The zero-order valence-corrected chi connectivity index (χ0v) is 21.8. The summed E-state index contributed by atoms with van der Waals surface area (Å²) in [5.41, 5.74) is -2.89. The van der Waals surface area contributed by atoms with Crippen LogP contribution in [0.3, 0.4) is 0 Å². The molecule has 0 spiro atoms. The molecule has 8 N–H and O–H groups in total. The number of hydrogen-bond acceptors (Lipinski definition) is 7. The summed E-state index contributed by atoms with van der Waals surface area (Å²) in [7, 11) is -10.1. The van der Waals surface area contributed by atoms with Crippen LogP contribution in [-0.2, 0) is 19.0 Å². The second-order valence-corrected chi connectivity index (χ2v) is 12.7. The predicted octanol–water partition coefficient (Wildman–Crippen LogP) is 1.80. The molecule has 0 fully saturated rings. The minimum atomic E-state index is -5.05. The van der Waals surface area contributed by atoms with Crippen LogP contribution in [0.25, 0.3) is 0 Å². The van der Waals surface area contributed by atoms with Gasteiger partial charge in [-0.1, -0.05) is 71.4 Å².